The summed E-state index contributed by atoms with van der Waals surface area (Å²) < 4.78 is 26.4. The zero-order chi connectivity index (χ0) is 13.1. The minimum absolute atomic E-state index is 0.0879. The standard InChI is InChI=1S/C12H10F2N2S2/c13-7-3-1-5-9(11(7)15)17-18-10-6-2-4-8(14)12(10)16/h1-6H,15-16H2. The molecule has 0 amide bonds. The van der Waals surface area contributed by atoms with Crippen molar-refractivity contribution >= 4 is 33.0 Å². The monoisotopic (exact) mass is 284 g/mol. The van der Waals surface area contributed by atoms with E-state index in [-0.39, 0.29) is 11.4 Å². The number of anilines is 2. The first-order chi connectivity index (χ1) is 8.59. The predicted molar refractivity (Wildman–Crippen MR) is 73.3 cm³/mol. The first-order valence-electron chi connectivity index (χ1n) is 5.02. The molecule has 2 rings (SSSR count). The van der Waals surface area contributed by atoms with Gasteiger partial charge in [-0.25, -0.2) is 8.78 Å². The summed E-state index contributed by atoms with van der Waals surface area (Å²) in [6.07, 6.45) is 0. The second-order valence-corrected chi connectivity index (χ2v) is 5.68. The lowest BCUT2D eigenvalue weighted by molar-refractivity contribution is 0.629. The van der Waals surface area contributed by atoms with E-state index in [0.717, 1.165) is 0 Å². The molecule has 94 valence electrons. The van der Waals surface area contributed by atoms with Gasteiger partial charge in [0.25, 0.3) is 0 Å². The fraction of sp³-hybridized carbons (Fsp3) is 0. The van der Waals surface area contributed by atoms with Crippen molar-refractivity contribution in [2.45, 2.75) is 9.79 Å². The summed E-state index contributed by atoms with van der Waals surface area (Å²) in [7, 11) is 2.48. The lowest BCUT2D eigenvalue weighted by atomic mass is 10.3. The molecule has 0 fully saturated rings. The third-order valence-electron chi connectivity index (χ3n) is 2.25. The molecule has 0 spiro atoms. The van der Waals surface area contributed by atoms with Crippen molar-refractivity contribution in [1.82, 2.24) is 0 Å². The van der Waals surface area contributed by atoms with E-state index < -0.39 is 11.6 Å². The Labute approximate surface area is 111 Å². The van der Waals surface area contributed by atoms with Crippen LogP contribution >= 0.6 is 21.6 Å². The third kappa shape index (κ3) is 2.70. The molecule has 0 saturated heterocycles. The quantitative estimate of drug-likeness (QED) is 0.662. The van der Waals surface area contributed by atoms with Crippen LogP contribution in [0.5, 0.6) is 0 Å². The number of hydrogen-bond donors (Lipinski definition) is 2. The van der Waals surface area contributed by atoms with Crippen molar-refractivity contribution < 1.29 is 8.78 Å². The van der Waals surface area contributed by atoms with E-state index in [9.17, 15) is 8.78 Å². The van der Waals surface area contributed by atoms with Gasteiger partial charge in [-0.05, 0) is 24.3 Å². The Balaban J connectivity index is 2.17. The summed E-state index contributed by atoms with van der Waals surface area (Å²) in [5.74, 6) is -0.930. The number of rotatable bonds is 3. The van der Waals surface area contributed by atoms with Crippen LogP contribution in [0.2, 0.25) is 0 Å². The lowest BCUT2D eigenvalue weighted by Gasteiger charge is -2.07. The number of nitrogens with two attached hydrogens (primary N) is 2. The van der Waals surface area contributed by atoms with E-state index in [4.69, 9.17) is 11.5 Å². The topological polar surface area (TPSA) is 52.0 Å². The second-order valence-electron chi connectivity index (χ2n) is 3.47. The smallest absolute Gasteiger partial charge is 0.147 e. The van der Waals surface area contributed by atoms with E-state index in [0.29, 0.717) is 9.79 Å². The molecule has 0 aromatic heterocycles. The SMILES string of the molecule is Nc1c(F)cccc1SSc1cccc(F)c1N. The van der Waals surface area contributed by atoms with Gasteiger partial charge in [0.2, 0.25) is 0 Å². The Bertz CT molecular complexity index is 524. The van der Waals surface area contributed by atoms with E-state index >= 15 is 0 Å². The molecular formula is C12H10F2N2S2. The highest BCUT2D eigenvalue weighted by atomic mass is 33.1. The summed E-state index contributed by atoms with van der Waals surface area (Å²) in [6, 6.07) is 9.13. The second kappa shape index (κ2) is 5.49. The molecule has 0 bridgehead atoms. The zero-order valence-corrected chi connectivity index (χ0v) is 10.8. The van der Waals surface area contributed by atoms with Gasteiger partial charge in [0.15, 0.2) is 0 Å². The first-order valence-corrected chi connectivity index (χ1v) is 7.17. The largest absolute Gasteiger partial charge is 0.395 e. The molecule has 2 aromatic carbocycles. The summed E-state index contributed by atoms with van der Waals surface area (Å²) in [4.78, 5) is 1.17. The highest BCUT2D eigenvalue weighted by Gasteiger charge is 2.09. The molecule has 0 radical (unpaired) electrons. The van der Waals surface area contributed by atoms with Crippen molar-refractivity contribution in [3.63, 3.8) is 0 Å². The van der Waals surface area contributed by atoms with Gasteiger partial charge in [-0.1, -0.05) is 33.7 Å². The van der Waals surface area contributed by atoms with Crippen molar-refractivity contribution in [2.24, 2.45) is 0 Å². The minimum Gasteiger partial charge on any atom is -0.395 e. The molecule has 0 aliphatic carbocycles. The average molecular weight is 284 g/mol. The van der Waals surface area contributed by atoms with Crippen LogP contribution in [0.15, 0.2) is 46.2 Å². The Morgan fingerprint density at radius 3 is 1.50 bits per heavy atom. The molecule has 18 heavy (non-hydrogen) atoms. The van der Waals surface area contributed by atoms with E-state index in [1.54, 1.807) is 24.3 Å². The average Bonchev–Trinajstić information content (AvgIpc) is 2.36. The predicted octanol–water partition coefficient (Wildman–Crippen LogP) is 3.93. The molecule has 2 aromatic rings. The van der Waals surface area contributed by atoms with E-state index in [2.05, 4.69) is 0 Å². The molecular weight excluding hydrogens is 274 g/mol. The van der Waals surface area contributed by atoms with Crippen LogP contribution in [0.3, 0.4) is 0 Å². The van der Waals surface area contributed by atoms with Gasteiger partial charge in [0.05, 0.1) is 11.4 Å². The van der Waals surface area contributed by atoms with Crippen LogP contribution in [0.4, 0.5) is 20.2 Å². The molecule has 0 aliphatic rings. The maximum absolute atomic E-state index is 13.2. The molecule has 2 nitrogen and oxygen atoms in total. The van der Waals surface area contributed by atoms with Gasteiger partial charge in [-0.2, -0.15) is 0 Å². The Morgan fingerprint density at radius 1 is 0.722 bits per heavy atom. The van der Waals surface area contributed by atoms with Crippen LogP contribution in [-0.4, -0.2) is 0 Å². The van der Waals surface area contributed by atoms with Crippen LogP contribution in [-0.2, 0) is 0 Å². The number of nitrogen functional groups attached to an aromatic ring is 2. The Kier molecular flexibility index (Phi) is 3.98. The summed E-state index contributed by atoms with van der Waals surface area (Å²) in [5.41, 5.74) is 11.4. The van der Waals surface area contributed by atoms with Gasteiger partial charge in [-0.3, -0.25) is 0 Å². The zero-order valence-electron chi connectivity index (χ0n) is 9.19. The number of benzene rings is 2. The molecule has 0 unspecified atom stereocenters. The molecule has 0 heterocycles. The maximum atomic E-state index is 13.2. The third-order valence-corrected chi connectivity index (χ3v) is 4.73. The fourth-order valence-electron chi connectivity index (χ4n) is 1.27. The van der Waals surface area contributed by atoms with Gasteiger partial charge >= 0.3 is 0 Å². The Morgan fingerprint density at radius 2 is 1.11 bits per heavy atom. The highest BCUT2D eigenvalue weighted by Crippen LogP contribution is 2.42. The number of halogens is 2. The molecule has 0 saturated carbocycles. The fourth-order valence-corrected chi connectivity index (χ4v) is 3.50. The van der Waals surface area contributed by atoms with Crippen molar-refractivity contribution in [3.8, 4) is 0 Å². The van der Waals surface area contributed by atoms with Crippen LogP contribution in [0.1, 0.15) is 0 Å². The number of para-hydroxylation sites is 2. The Hall–Kier alpha value is -1.40. The van der Waals surface area contributed by atoms with Crippen molar-refractivity contribution in [2.75, 3.05) is 11.5 Å². The molecule has 6 heteroatoms. The van der Waals surface area contributed by atoms with Crippen molar-refractivity contribution in [3.05, 3.63) is 48.0 Å². The lowest BCUT2D eigenvalue weighted by Crippen LogP contribution is -1.93. The minimum atomic E-state index is -0.465. The van der Waals surface area contributed by atoms with Crippen LogP contribution in [0.25, 0.3) is 0 Å². The highest BCUT2D eigenvalue weighted by molar-refractivity contribution is 8.76. The summed E-state index contributed by atoms with van der Waals surface area (Å²) in [6.45, 7) is 0. The first kappa shape index (κ1) is 13.0. The maximum Gasteiger partial charge on any atom is 0.147 e. The summed E-state index contributed by atoms with van der Waals surface area (Å²) in [5, 5.41) is 0. The van der Waals surface area contributed by atoms with E-state index in [1.807, 2.05) is 0 Å². The molecule has 4 N–H and O–H groups in total. The van der Waals surface area contributed by atoms with Gasteiger partial charge < -0.3 is 11.5 Å². The van der Waals surface area contributed by atoms with Gasteiger partial charge in [0, 0.05) is 9.79 Å². The summed E-state index contributed by atoms with van der Waals surface area (Å²) >= 11 is 0. The van der Waals surface area contributed by atoms with Crippen molar-refractivity contribution in [1.29, 1.82) is 0 Å². The van der Waals surface area contributed by atoms with Crippen LogP contribution < -0.4 is 11.5 Å². The van der Waals surface area contributed by atoms with Gasteiger partial charge in [-0.15, -0.1) is 0 Å². The van der Waals surface area contributed by atoms with Crippen LogP contribution in [0, 0.1) is 11.6 Å². The molecule has 0 aliphatic heterocycles. The van der Waals surface area contributed by atoms with E-state index in [1.165, 1.54) is 33.7 Å². The normalized spacial score (nSPS) is 10.6. The molecule has 0 atom stereocenters. The van der Waals surface area contributed by atoms with Gasteiger partial charge in [0.1, 0.15) is 11.6 Å². The number of hydrogen-bond acceptors (Lipinski definition) is 4.